The Morgan fingerprint density at radius 2 is 0.492 bits per heavy atom. The van der Waals surface area contributed by atoms with Crippen LogP contribution in [0.5, 0.6) is 0 Å². The molecule has 0 aliphatic carbocycles. The predicted molar refractivity (Wildman–Crippen MR) is 288 cm³/mol. The summed E-state index contributed by atoms with van der Waals surface area (Å²) >= 11 is 0. The minimum atomic E-state index is 0.323. The molecule has 7 fully saturated rings. The first kappa shape index (κ1) is 62.6. The van der Waals surface area contributed by atoms with Crippen LogP contribution in [0.3, 0.4) is 0 Å². The molecule has 0 amide bonds. The molecule has 0 atom stereocenters. The van der Waals surface area contributed by atoms with Crippen LogP contribution in [-0.4, -0.2) is 216 Å². The monoisotopic (exact) mass is 922 g/mol. The molecule has 390 valence electrons. The summed E-state index contributed by atoms with van der Waals surface area (Å²) in [7, 11) is 2.19. The van der Waals surface area contributed by atoms with Gasteiger partial charge in [0.25, 0.3) is 0 Å². The Morgan fingerprint density at radius 3 is 0.708 bits per heavy atom. The zero-order chi connectivity index (χ0) is 49.9. The van der Waals surface area contributed by atoms with Gasteiger partial charge in [0, 0.05) is 117 Å². The number of hydrogen-bond acceptors (Lipinski definition) is 10. The van der Waals surface area contributed by atoms with Gasteiger partial charge in [0.15, 0.2) is 0 Å². The fraction of sp³-hybridized carbons (Fsp3) is 1.00. The number of rotatable bonds is 0. The minimum absolute atomic E-state index is 0.323. The minimum Gasteiger partial charge on any atom is -0.379 e. The summed E-state index contributed by atoms with van der Waals surface area (Å²) in [4.78, 5) is 20.0. The number of piperazine rings is 2. The van der Waals surface area contributed by atoms with E-state index in [1.54, 1.807) is 0 Å². The highest BCUT2D eigenvalue weighted by molar-refractivity contribution is 4.86. The molecule has 0 saturated carbocycles. The maximum atomic E-state index is 5.25. The first-order valence-corrected chi connectivity index (χ1v) is 26.9. The molecule has 7 rings (SSSR count). The van der Waals surface area contributed by atoms with Gasteiger partial charge in [-0.05, 0) is 224 Å². The summed E-state index contributed by atoms with van der Waals surface area (Å²) in [5.74, 6) is 0. The number of nitrogens with one attached hydrogen (secondary N) is 1. The second-order valence-electron chi connectivity index (χ2n) is 26.9. The maximum Gasteiger partial charge on any atom is 0.0594 e. The van der Waals surface area contributed by atoms with E-state index < -0.39 is 0 Å². The van der Waals surface area contributed by atoms with Crippen LogP contribution in [0.1, 0.15) is 184 Å². The molecular formula is C55H119N9O. The second-order valence-corrected chi connectivity index (χ2v) is 26.9. The van der Waals surface area contributed by atoms with Crippen LogP contribution in [0.2, 0.25) is 0 Å². The van der Waals surface area contributed by atoms with Gasteiger partial charge >= 0.3 is 0 Å². The number of likely N-dealkylation sites (N-methyl/N-ethyl adjacent to an activating group) is 1. The zero-order valence-electron chi connectivity index (χ0n) is 48.4. The summed E-state index contributed by atoms with van der Waals surface area (Å²) in [5.41, 5.74) is 2.74. The van der Waals surface area contributed by atoms with E-state index in [9.17, 15) is 0 Å². The smallest absolute Gasteiger partial charge is 0.0594 e. The van der Waals surface area contributed by atoms with Gasteiger partial charge in [-0.25, -0.2) is 0 Å². The van der Waals surface area contributed by atoms with Crippen LogP contribution >= 0.6 is 0 Å². The molecule has 65 heavy (non-hydrogen) atoms. The molecule has 7 saturated heterocycles. The molecule has 10 heteroatoms. The fourth-order valence-electron chi connectivity index (χ4n) is 8.71. The summed E-state index contributed by atoms with van der Waals surface area (Å²) in [6, 6.07) is 0. The van der Waals surface area contributed by atoms with E-state index >= 15 is 0 Å². The highest BCUT2D eigenvalue weighted by atomic mass is 16.5. The summed E-state index contributed by atoms with van der Waals surface area (Å²) in [6.45, 7) is 71.8. The van der Waals surface area contributed by atoms with Crippen LogP contribution in [0.4, 0.5) is 0 Å². The van der Waals surface area contributed by atoms with Gasteiger partial charge in [0.2, 0.25) is 0 Å². The summed E-state index contributed by atoms with van der Waals surface area (Å²) in [6.07, 6.45) is 8.44. The number of likely N-dealkylation sites (tertiary alicyclic amines) is 3. The van der Waals surface area contributed by atoms with E-state index in [1.165, 1.54) is 130 Å². The van der Waals surface area contributed by atoms with Crippen molar-refractivity contribution in [1.29, 1.82) is 0 Å². The Hall–Kier alpha value is -0.400. The van der Waals surface area contributed by atoms with Gasteiger partial charge in [0.05, 0.1) is 13.2 Å². The van der Waals surface area contributed by atoms with Crippen LogP contribution in [0.15, 0.2) is 0 Å². The van der Waals surface area contributed by atoms with Crippen molar-refractivity contribution in [3.05, 3.63) is 0 Å². The van der Waals surface area contributed by atoms with Crippen LogP contribution in [0.25, 0.3) is 0 Å². The molecule has 0 aromatic carbocycles. The van der Waals surface area contributed by atoms with Crippen molar-refractivity contribution >= 4 is 0 Å². The SMILES string of the molecule is CC(C)(C)N1CC1.CC(C)(C)N1CCC1.CC(C)(C)N1CCCC1.CC(C)(C)N1CCCCC1.CC(C)(C)N1CCNCC1.CC(C)(C)N1CCOCC1.CN1CCN(C(C)(C)C)CC1. The molecule has 0 radical (unpaired) electrons. The van der Waals surface area contributed by atoms with E-state index in [0.29, 0.717) is 38.8 Å². The number of hydrogen-bond donors (Lipinski definition) is 1. The molecule has 0 unspecified atom stereocenters. The maximum absolute atomic E-state index is 5.25. The Balaban J connectivity index is 0.000000381. The second kappa shape index (κ2) is 28.4. The highest BCUT2D eigenvalue weighted by Crippen LogP contribution is 2.22. The van der Waals surface area contributed by atoms with Gasteiger partial charge in [-0.2, -0.15) is 0 Å². The first-order chi connectivity index (χ1) is 29.6. The highest BCUT2D eigenvalue weighted by Gasteiger charge is 2.30. The molecule has 0 aromatic rings. The third-order valence-electron chi connectivity index (χ3n) is 14.0. The first-order valence-electron chi connectivity index (χ1n) is 26.9. The van der Waals surface area contributed by atoms with Crippen LogP contribution < -0.4 is 5.32 Å². The quantitative estimate of drug-likeness (QED) is 0.238. The molecule has 10 nitrogen and oxygen atoms in total. The number of piperidine rings is 1. The molecule has 0 spiro atoms. The standard InChI is InChI=1S/C9H20N2.C9H19N.C8H18N2.C8H17NO.C8H17N.C7H15N.C6H13N/c1-9(2,3)11-7-5-10(4)6-8-11;1-9(2,3)10-7-5-4-6-8-10;1-8(2,3)10-6-4-9-5-7-10;1-8(2,3)9-4-6-10-7-5-9;1-8(2,3)9-6-4-5-7-9;1-7(2,3)8-5-4-6-8;1-6(2,3)7-4-5-7/h5-8H2,1-4H3;4-8H2,1-3H3;9H,4-7H2,1-3H3;4-7H2,1-3H3;4-7H2,1-3H3;4-6H2,1-3H3;4-5H2,1-3H3. The Labute approximate surface area is 408 Å². The molecule has 7 aliphatic heterocycles. The third-order valence-corrected chi connectivity index (χ3v) is 14.0. The lowest BCUT2D eigenvalue weighted by Gasteiger charge is -2.42. The van der Waals surface area contributed by atoms with Crippen LogP contribution in [0, 0.1) is 0 Å². The van der Waals surface area contributed by atoms with E-state index in [4.69, 9.17) is 4.74 Å². The number of morpholine rings is 1. The molecule has 1 N–H and O–H groups in total. The van der Waals surface area contributed by atoms with Crippen molar-refractivity contribution in [2.75, 3.05) is 138 Å². The van der Waals surface area contributed by atoms with Gasteiger partial charge in [-0.3, -0.25) is 34.3 Å². The van der Waals surface area contributed by atoms with Gasteiger partial charge < -0.3 is 15.0 Å². The molecule has 7 aliphatic rings. The van der Waals surface area contributed by atoms with Crippen molar-refractivity contribution in [2.45, 2.75) is 223 Å². The Morgan fingerprint density at radius 1 is 0.262 bits per heavy atom. The normalized spacial score (nSPS) is 23.2. The predicted octanol–water partition coefficient (Wildman–Crippen LogP) is 9.58. The van der Waals surface area contributed by atoms with E-state index in [0.717, 1.165) is 39.4 Å². The topological polar surface area (TPSA) is 47.0 Å². The Kier molecular flexibility index (Phi) is 27.4. The molecule has 7 heterocycles. The zero-order valence-corrected chi connectivity index (χ0v) is 48.4. The van der Waals surface area contributed by atoms with Crippen molar-refractivity contribution in [3.63, 3.8) is 0 Å². The summed E-state index contributed by atoms with van der Waals surface area (Å²) < 4.78 is 5.25. The average molecular weight is 923 g/mol. The van der Waals surface area contributed by atoms with Crippen molar-refractivity contribution in [3.8, 4) is 0 Å². The lowest BCUT2D eigenvalue weighted by atomic mass is 10.0. The van der Waals surface area contributed by atoms with Gasteiger partial charge in [-0.15, -0.1) is 0 Å². The van der Waals surface area contributed by atoms with Crippen molar-refractivity contribution < 1.29 is 4.74 Å². The lowest BCUT2D eigenvalue weighted by molar-refractivity contribution is -0.00389. The van der Waals surface area contributed by atoms with Gasteiger partial charge in [-0.1, -0.05) is 6.42 Å². The lowest BCUT2D eigenvalue weighted by Crippen LogP contribution is -2.52. The average Bonchev–Trinajstić information content (AvgIpc) is 3.89. The fourth-order valence-corrected chi connectivity index (χ4v) is 8.71. The van der Waals surface area contributed by atoms with E-state index in [1.807, 2.05) is 0 Å². The largest absolute Gasteiger partial charge is 0.379 e. The number of nitrogens with zero attached hydrogens (tertiary/aromatic N) is 8. The molecule has 0 bridgehead atoms. The van der Waals surface area contributed by atoms with E-state index in [2.05, 4.69) is 197 Å². The number of ether oxygens (including phenoxy) is 1. The molecular weight excluding hydrogens is 803 g/mol. The van der Waals surface area contributed by atoms with Crippen molar-refractivity contribution in [1.82, 2.24) is 44.5 Å². The van der Waals surface area contributed by atoms with E-state index in [-0.39, 0.29) is 0 Å². The molecule has 0 aromatic heterocycles. The van der Waals surface area contributed by atoms with Gasteiger partial charge in [0.1, 0.15) is 0 Å². The van der Waals surface area contributed by atoms with Crippen molar-refractivity contribution in [2.24, 2.45) is 0 Å². The summed E-state index contributed by atoms with van der Waals surface area (Å²) in [5, 5.41) is 3.35. The van der Waals surface area contributed by atoms with Crippen LogP contribution in [-0.2, 0) is 4.74 Å². The Bertz CT molecular complexity index is 1100. The third kappa shape index (κ3) is 28.8.